The van der Waals surface area contributed by atoms with E-state index in [9.17, 15) is 9.18 Å². The molecule has 1 amide bonds. The summed E-state index contributed by atoms with van der Waals surface area (Å²) in [6.07, 6.45) is 0. The van der Waals surface area contributed by atoms with Crippen LogP contribution in [0.5, 0.6) is 0 Å². The van der Waals surface area contributed by atoms with Gasteiger partial charge in [-0.2, -0.15) is 0 Å². The van der Waals surface area contributed by atoms with Gasteiger partial charge in [-0.1, -0.05) is 13.8 Å². The second-order valence-electron chi connectivity index (χ2n) is 6.23. The van der Waals surface area contributed by atoms with Crippen LogP contribution >= 0.6 is 23.7 Å². The van der Waals surface area contributed by atoms with E-state index in [1.54, 1.807) is 18.0 Å². The molecule has 0 spiro atoms. The molecule has 1 aromatic carbocycles. The van der Waals surface area contributed by atoms with Crippen molar-refractivity contribution in [2.24, 2.45) is 11.1 Å². The number of thiophene rings is 1. The third-order valence-electron chi connectivity index (χ3n) is 3.66. The molecule has 0 unspecified atom stereocenters. The largest absolute Gasteiger partial charge is 0.340 e. The van der Waals surface area contributed by atoms with Crippen molar-refractivity contribution in [3.8, 4) is 0 Å². The summed E-state index contributed by atoms with van der Waals surface area (Å²) in [6, 6.07) is 4.64. The summed E-state index contributed by atoms with van der Waals surface area (Å²) in [5.74, 6) is -0.310. The van der Waals surface area contributed by atoms with Crippen LogP contribution < -0.4 is 5.73 Å². The second kappa shape index (κ2) is 6.94. The summed E-state index contributed by atoms with van der Waals surface area (Å²) in [5.41, 5.74) is 6.44. The van der Waals surface area contributed by atoms with Crippen LogP contribution in [0.2, 0.25) is 0 Å². The van der Waals surface area contributed by atoms with Crippen molar-refractivity contribution >= 4 is 39.7 Å². The highest BCUT2D eigenvalue weighted by Gasteiger charge is 2.24. The molecule has 0 aliphatic heterocycles. The molecule has 0 aliphatic rings. The topological polar surface area (TPSA) is 46.3 Å². The lowest BCUT2D eigenvalue weighted by molar-refractivity contribution is 0.0745. The molecular formula is C16H22ClFN2OS. The highest BCUT2D eigenvalue weighted by atomic mass is 35.5. The zero-order chi connectivity index (χ0) is 15.8. The van der Waals surface area contributed by atoms with Gasteiger partial charge < -0.3 is 10.6 Å². The zero-order valence-electron chi connectivity index (χ0n) is 13.3. The standard InChI is InChI=1S/C16H21FN2OS.ClH/c1-10-12-7-11(17)5-6-13(12)21-14(10)15(20)19(4)9-16(2,3)8-18;/h5-7H,8-9,18H2,1-4H3;1H. The van der Waals surface area contributed by atoms with E-state index >= 15 is 0 Å². The maximum atomic E-state index is 13.3. The van der Waals surface area contributed by atoms with Gasteiger partial charge >= 0.3 is 0 Å². The van der Waals surface area contributed by atoms with Crippen molar-refractivity contribution in [1.29, 1.82) is 0 Å². The summed E-state index contributed by atoms with van der Waals surface area (Å²) >= 11 is 1.41. The Morgan fingerprint density at radius 1 is 1.41 bits per heavy atom. The monoisotopic (exact) mass is 344 g/mol. The summed E-state index contributed by atoms with van der Waals surface area (Å²) < 4.78 is 14.3. The van der Waals surface area contributed by atoms with Gasteiger partial charge in [0.1, 0.15) is 5.82 Å². The first kappa shape index (κ1) is 18.9. The Labute approximate surface area is 140 Å². The Kier molecular flexibility index (Phi) is 5.96. The number of hydrogen-bond donors (Lipinski definition) is 1. The number of halogens is 2. The normalized spacial score (nSPS) is 11.4. The van der Waals surface area contributed by atoms with Gasteiger partial charge in [0.2, 0.25) is 0 Å². The first-order valence-electron chi connectivity index (χ1n) is 6.89. The number of amides is 1. The van der Waals surface area contributed by atoms with E-state index < -0.39 is 0 Å². The van der Waals surface area contributed by atoms with Crippen LogP contribution in [0.1, 0.15) is 29.1 Å². The Morgan fingerprint density at radius 3 is 2.64 bits per heavy atom. The molecule has 6 heteroatoms. The Bertz CT molecular complexity index is 684. The Morgan fingerprint density at radius 2 is 2.05 bits per heavy atom. The lowest BCUT2D eigenvalue weighted by atomic mass is 9.93. The molecule has 2 rings (SSSR count). The third-order valence-corrected chi connectivity index (χ3v) is 4.92. The number of nitrogens with two attached hydrogens (primary N) is 1. The number of nitrogens with zero attached hydrogens (tertiary/aromatic N) is 1. The average molecular weight is 345 g/mol. The fourth-order valence-corrected chi connectivity index (χ4v) is 3.53. The number of hydrogen-bond acceptors (Lipinski definition) is 3. The van der Waals surface area contributed by atoms with E-state index in [4.69, 9.17) is 5.73 Å². The van der Waals surface area contributed by atoms with Crippen LogP contribution in [-0.2, 0) is 0 Å². The molecule has 0 saturated carbocycles. The lowest BCUT2D eigenvalue weighted by Crippen LogP contribution is -2.39. The van der Waals surface area contributed by atoms with Gasteiger partial charge in [0.15, 0.2) is 0 Å². The third kappa shape index (κ3) is 3.77. The summed E-state index contributed by atoms with van der Waals surface area (Å²) in [4.78, 5) is 15.0. The maximum absolute atomic E-state index is 13.3. The number of carbonyl (C=O) groups is 1. The van der Waals surface area contributed by atoms with Gasteiger partial charge in [0, 0.05) is 18.3 Å². The fourth-order valence-electron chi connectivity index (χ4n) is 2.35. The van der Waals surface area contributed by atoms with Gasteiger partial charge in [-0.3, -0.25) is 4.79 Å². The SMILES string of the molecule is Cc1c(C(=O)N(C)CC(C)(C)CN)sc2ccc(F)cc12.Cl. The molecule has 122 valence electrons. The minimum absolute atomic E-state index is 0. The first-order valence-corrected chi connectivity index (χ1v) is 7.71. The van der Waals surface area contributed by atoms with Crippen LogP contribution in [0.25, 0.3) is 10.1 Å². The molecule has 3 nitrogen and oxygen atoms in total. The summed E-state index contributed by atoms with van der Waals surface area (Å²) in [6.45, 7) is 7.03. The van der Waals surface area contributed by atoms with Gasteiger partial charge in [0.05, 0.1) is 4.88 Å². The van der Waals surface area contributed by atoms with Crippen LogP contribution in [0.15, 0.2) is 18.2 Å². The number of rotatable bonds is 4. The summed E-state index contributed by atoms with van der Waals surface area (Å²) in [7, 11) is 1.78. The molecule has 0 fully saturated rings. The molecule has 0 bridgehead atoms. The van der Waals surface area contributed by atoms with E-state index in [-0.39, 0.29) is 29.5 Å². The van der Waals surface area contributed by atoms with Crippen LogP contribution in [0.4, 0.5) is 4.39 Å². The van der Waals surface area contributed by atoms with E-state index in [0.717, 1.165) is 15.6 Å². The Balaban J connectivity index is 0.00000242. The molecule has 22 heavy (non-hydrogen) atoms. The molecule has 0 aliphatic carbocycles. The molecule has 1 heterocycles. The number of fused-ring (bicyclic) bond motifs is 1. The minimum atomic E-state index is -0.278. The van der Waals surface area contributed by atoms with E-state index in [1.165, 1.54) is 23.5 Å². The van der Waals surface area contributed by atoms with Crippen molar-refractivity contribution in [2.45, 2.75) is 20.8 Å². The van der Waals surface area contributed by atoms with E-state index in [0.29, 0.717) is 18.0 Å². The van der Waals surface area contributed by atoms with Gasteiger partial charge in [-0.25, -0.2) is 4.39 Å². The fraction of sp³-hybridized carbons (Fsp3) is 0.438. The smallest absolute Gasteiger partial charge is 0.263 e. The van der Waals surface area contributed by atoms with Crippen molar-refractivity contribution in [3.05, 3.63) is 34.5 Å². The number of benzene rings is 1. The molecule has 1 aromatic heterocycles. The molecule has 0 saturated heterocycles. The number of aryl methyl sites for hydroxylation is 1. The minimum Gasteiger partial charge on any atom is -0.340 e. The highest BCUT2D eigenvalue weighted by molar-refractivity contribution is 7.21. The van der Waals surface area contributed by atoms with E-state index in [1.807, 2.05) is 20.8 Å². The Hall–Kier alpha value is -1.17. The van der Waals surface area contributed by atoms with Gasteiger partial charge in [-0.05, 0) is 48.0 Å². The van der Waals surface area contributed by atoms with Gasteiger partial charge in [0.25, 0.3) is 5.91 Å². The van der Waals surface area contributed by atoms with Crippen LogP contribution in [0.3, 0.4) is 0 Å². The quantitative estimate of drug-likeness (QED) is 0.916. The maximum Gasteiger partial charge on any atom is 0.263 e. The average Bonchev–Trinajstić information content (AvgIpc) is 2.74. The summed E-state index contributed by atoms with van der Waals surface area (Å²) in [5, 5.41) is 0.815. The molecule has 0 radical (unpaired) electrons. The zero-order valence-corrected chi connectivity index (χ0v) is 14.9. The van der Waals surface area contributed by atoms with E-state index in [2.05, 4.69) is 0 Å². The highest BCUT2D eigenvalue weighted by Crippen LogP contribution is 2.32. The van der Waals surface area contributed by atoms with Crippen molar-refractivity contribution in [1.82, 2.24) is 4.90 Å². The predicted octanol–water partition coefficient (Wildman–Crippen LogP) is 3.83. The van der Waals surface area contributed by atoms with Crippen LogP contribution in [0, 0.1) is 18.2 Å². The first-order chi connectivity index (χ1) is 9.75. The van der Waals surface area contributed by atoms with Crippen molar-refractivity contribution in [3.63, 3.8) is 0 Å². The van der Waals surface area contributed by atoms with Crippen molar-refractivity contribution in [2.75, 3.05) is 20.1 Å². The molecular weight excluding hydrogens is 323 g/mol. The van der Waals surface area contributed by atoms with Crippen molar-refractivity contribution < 1.29 is 9.18 Å². The molecule has 0 atom stereocenters. The van der Waals surface area contributed by atoms with Crippen LogP contribution in [-0.4, -0.2) is 30.9 Å². The second-order valence-corrected chi connectivity index (χ2v) is 7.28. The van der Waals surface area contributed by atoms with Gasteiger partial charge in [-0.15, -0.1) is 23.7 Å². The lowest BCUT2D eigenvalue weighted by Gasteiger charge is -2.28. The predicted molar refractivity (Wildman–Crippen MR) is 93.6 cm³/mol. The molecule has 2 N–H and O–H groups in total. The number of carbonyl (C=O) groups excluding carboxylic acids is 1. The molecule has 2 aromatic rings.